The Balaban J connectivity index is 1.82. The van der Waals surface area contributed by atoms with Crippen LogP contribution in [-0.2, 0) is 19.6 Å². The summed E-state index contributed by atoms with van der Waals surface area (Å²) in [5.41, 5.74) is 2.18. The molecule has 0 unspecified atom stereocenters. The van der Waals surface area contributed by atoms with E-state index in [0.29, 0.717) is 12.5 Å². The van der Waals surface area contributed by atoms with Gasteiger partial charge < -0.3 is 14.6 Å². The van der Waals surface area contributed by atoms with Crippen LogP contribution in [0.5, 0.6) is 5.75 Å². The molecule has 0 saturated carbocycles. The Morgan fingerprint density at radius 2 is 2.14 bits per heavy atom. The Labute approximate surface area is 126 Å². The molecule has 0 aliphatic carbocycles. The van der Waals surface area contributed by atoms with E-state index in [9.17, 15) is 0 Å². The molecule has 0 spiro atoms. The van der Waals surface area contributed by atoms with Crippen LogP contribution in [0.25, 0.3) is 0 Å². The minimum Gasteiger partial charge on any atom is -0.486 e. The van der Waals surface area contributed by atoms with Gasteiger partial charge in [0.1, 0.15) is 12.4 Å². The quantitative estimate of drug-likeness (QED) is 0.807. The monoisotopic (exact) mass is 288 g/mol. The molecule has 0 aliphatic rings. The molecule has 4 heteroatoms. The Morgan fingerprint density at radius 1 is 1.29 bits per heavy atom. The summed E-state index contributed by atoms with van der Waals surface area (Å²) in [6.07, 6.45) is 1.01. The minimum atomic E-state index is 0.407. The molecule has 1 aromatic carbocycles. The second kappa shape index (κ2) is 7.84. The first-order valence-corrected chi connectivity index (χ1v) is 7.54. The minimum absolute atomic E-state index is 0.407. The van der Waals surface area contributed by atoms with Crippen molar-refractivity contribution in [2.45, 2.75) is 40.3 Å². The lowest BCUT2D eigenvalue weighted by Gasteiger charge is -2.05. The number of ether oxygens (including phenoxy) is 1. The van der Waals surface area contributed by atoms with E-state index in [0.717, 1.165) is 36.7 Å². The van der Waals surface area contributed by atoms with E-state index >= 15 is 0 Å². The fourth-order valence-corrected chi connectivity index (χ4v) is 2.01. The van der Waals surface area contributed by atoms with E-state index in [1.54, 1.807) is 0 Å². The maximum absolute atomic E-state index is 5.74. The van der Waals surface area contributed by atoms with Crippen LogP contribution in [-0.4, -0.2) is 11.7 Å². The summed E-state index contributed by atoms with van der Waals surface area (Å²) in [6, 6.07) is 10.1. The standard InChI is InChI=1S/C17H24N2O2/c1-4-14-6-5-7-16(8-14)20-12-17-9-15(19-21-17)11-18-10-13(2)3/h5-9,13,18H,4,10-12H2,1-3H3. The van der Waals surface area contributed by atoms with Gasteiger partial charge in [-0.05, 0) is 36.6 Å². The van der Waals surface area contributed by atoms with Gasteiger partial charge in [0.05, 0.1) is 5.69 Å². The van der Waals surface area contributed by atoms with Crippen LogP contribution < -0.4 is 10.1 Å². The maximum Gasteiger partial charge on any atom is 0.174 e. The lowest BCUT2D eigenvalue weighted by molar-refractivity contribution is 0.248. The van der Waals surface area contributed by atoms with Crippen LogP contribution in [0.4, 0.5) is 0 Å². The maximum atomic E-state index is 5.74. The van der Waals surface area contributed by atoms with Gasteiger partial charge >= 0.3 is 0 Å². The van der Waals surface area contributed by atoms with Crippen LogP contribution in [0, 0.1) is 5.92 Å². The van der Waals surface area contributed by atoms with Crippen LogP contribution in [0.15, 0.2) is 34.9 Å². The SMILES string of the molecule is CCc1cccc(OCc2cc(CNCC(C)C)no2)c1. The van der Waals surface area contributed by atoms with Gasteiger partial charge in [0.2, 0.25) is 0 Å². The molecule has 0 aliphatic heterocycles. The summed E-state index contributed by atoms with van der Waals surface area (Å²) in [6.45, 7) is 8.60. The highest BCUT2D eigenvalue weighted by molar-refractivity contribution is 5.28. The van der Waals surface area contributed by atoms with Crippen molar-refractivity contribution in [3.8, 4) is 5.75 Å². The van der Waals surface area contributed by atoms with E-state index in [1.165, 1.54) is 5.56 Å². The smallest absolute Gasteiger partial charge is 0.174 e. The second-order valence-corrected chi connectivity index (χ2v) is 5.60. The summed E-state index contributed by atoms with van der Waals surface area (Å²) < 4.78 is 11.0. The van der Waals surface area contributed by atoms with Crippen molar-refractivity contribution < 1.29 is 9.26 Å². The van der Waals surface area contributed by atoms with Crippen molar-refractivity contribution in [1.82, 2.24) is 10.5 Å². The molecule has 0 bridgehead atoms. The van der Waals surface area contributed by atoms with Gasteiger partial charge in [0.25, 0.3) is 0 Å². The number of hydrogen-bond donors (Lipinski definition) is 1. The number of aryl methyl sites for hydroxylation is 1. The summed E-state index contributed by atoms with van der Waals surface area (Å²) in [4.78, 5) is 0. The predicted molar refractivity (Wildman–Crippen MR) is 83.2 cm³/mol. The molecule has 0 radical (unpaired) electrons. The van der Waals surface area contributed by atoms with Crippen molar-refractivity contribution >= 4 is 0 Å². The number of benzene rings is 1. The zero-order valence-corrected chi connectivity index (χ0v) is 13.1. The summed E-state index contributed by atoms with van der Waals surface area (Å²) >= 11 is 0. The van der Waals surface area contributed by atoms with Gasteiger partial charge in [-0.25, -0.2) is 0 Å². The Hall–Kier alpha value is -1.81. The van der Waals surface area contributed by atoms with Crippen LogP contribution in [0.1, 0.15) is 37.8 Å². The number of nitrogens with zero attached hydrogens (tertiary/aromatic N) is 1. The largest absolute Gasteiger partial charge is 0.486 e. The molecule has 2 rings (SSSR count). The Bertz CT molecular complexity index is 549. The third kappa shape index (κ3) is 5.23. The normalized spacial score (nSPS) is 11.0. The predicted octanol–water partition coefficient (Wildman–Crippen LogP) is 3.56. The van der Waals surface area contributed by atoms with Crippen LogP contribution in [0.2, 0.25) is 0 Å². The molecule has 0 atom stereocenters. The fourth-order valence-electron chi connectivity index (χ4n) is 2.01. The molecule has 4 nitrogen and oxygen atoms in total. The molecule has 1 N–H and O–H groups in total. The summed E-state index contributed by atoms with van der Waals surface area (Å²) in [5.74, 6) is 2.24. The van der Waals surface area contributed by atoms with Gasteiger partial charge in [0, 0.05) is 12.6 Å². The van der Waals surface area contributed by atoms with E-state index in [2.05, 4.69) is 43.4 Å². The molecule has 1 aromatic heterocycles. The van der Waals surface area contributed by atoms with Gasteiger partial charge in [-0.3, -0.25) is 0 Å². The van der Waals surface area contributed by atoms with Crippen molar-refractivity contribution in [2.24, 2.45) is 5.92 Å². The average molecular weight is 288 g/mol. The van der Waals surface area contributed by atoms with Crippen molar-refractivity contribution in [3.05, 3.63) is 47.3 Å². The Morgan fingerprint density at radius 3 is 2.90 bits per heavy atom. The van der Waals surface area contributed by atoms with Crippen molar-refractivity contribution in [3.63, 3.8) is 0 Å². The summed E-state index contributed by atoms with van der Waals surface area (Å²) in [5, 5.41) is 7.38. The zero-order valence-electron chi connectivity index (χ0n) is 13.1. The highest BCUT2D eigenvalue weighted by Gasteiger charge is 2.05. The van der Waals surface area contributed by atoms with E-state index in [1.807, 2.05) is 18.2 Å². The molecular formula is C17H24N2O2. The number of aromatic nitrogens is 1. The summed E-state index contributed by atoms with van der Waals surface area (Å²) in [7, 11) is 0. The topological polar surface area (TPSA) is 47.3 Å². The highest BCUT2D eigenvalue weighted by Crippen LogP contribution is 2.16. The first-order valence-electron chi connectivity index (χ1n) is 7.54. The first kappa shape index (κ1) is 15.6. The molecule has 1 heterocycles. The van der Waals surface area contributed by atoms with E-state index in [4.69, 9.17) is 9.26 Å². The van der Waals surface area contributed by atoms with Crippen molar-refractivity contribution in [2.75, 3.05) is 6.54 Å². The molecular weight excluding hydrogens is 264 g/mol. The second-order valence-electron chi connectivity index (χ2n) is 5.60. The van der Waals surface area contributed by atoms with Crippen LogP contribution >= 0.6 is 0 Å². The van der Waals surface area contributed by atoms with Gasteiger partial charge in [-0.2, -0.15) is 0 Å². The number of hydrogen-bond acceptors (Lipinski definition) is 4. The Kier molecular flexibility index (Phi) is 5.81. The lowest BCUT2D eigenvalue weighted by atomic mass is 10.2. The highest BCUT2D eigenvalue weighted by atomic mass is 16.5. The lowest BCUT2D eigenvalue weighted by Crippen LogP contribution is -2.19. The molecule has 114 valence electrons. The number of rotatable bonds is 8. The van der Waals surface area contributed by atoms with E-state index < -0.39 is 0 Å². The molecule has 2 aromatic rings. The van der Waals surface area contributed by atoms with E-state index in [-0.39, 0.29) is 0 Å². The van der Waals surface area contributed by atoms with Gasteiger partial charge in [0.15, 0.2) is 5.76 Å². The third-order valence-electron chi connectivity index (χ3n) is 3.15. The molecule has 0 saturated heterocycles. The zero-order chi connectivity index (χ0) is 15.1. The average Bonchev–Trinajstić information content (AvgIpc) is 2.93. The molecule has 0 fully saturated rings. The molecule has 21 heavy (non-hydrogen) atoms. The van der Waals surface area contributed by atoms with Crippen molar-refractivity contribution in [1.29, 1.82) is 0 Å². The van der Waals surface area contributed by atoms with Gasteiger partial charge in [-0.15, -0.1) is 0 Å². The van der Waals surface area contributed by atoms with Crippen LogP contribution in [0.3, 0.4) is 0 Å². The first-order chi connectivity index (χ1) is 10.2. The van der Waals surface area contributed by atoms with Gasteiger partial charge in [-0.1, -0.05) is 38.1 Å². The molecule has 0 amide bonds. The number of nitrogens with one attached hydrogen (secondary N) is 1. The third-order valence-corrected chi connectivity index (χ3v) is 3.15. The fraction of sp³-hybridized carbons (Fsp3) is 0.471.